The van der Waals surface area contributed by atoms with E-state index in [1.54, 1.807) is 17.4 Å². The van der Waals surface area contributed by atoms with Gasteiger partial charge < -0.3 is 14.0 Å². The van der Waals surface area contributed by atoms with Gasteiger partial charge in [0.1, 0.15) is 6.61 Å². The number of amides is 1. The van der Waals surface area contributed by atoms with Crippen LogP contribution in [0.4, 0.5) is 5.13 Å². The lowest BCUT2D eigenvalue weighted by atomic mass is 10.2. The van der Waals surface area contributed by atoms with E-state index in [1.165, 1.54) is 11.3 Å². The highest BCUT2D eigenvalue weighted by Gasteiger charge is 2.33. The van der Waals surface area contributed by atoms with Gasteiger partial charge in [0.05, 0.1) is 16.5 Å². The number of thiazole rings is 1. The van der Waals surface area contributed by atoms with E-state index in [4.69, 9.17) is 14.5 Å². The third-order valence-corrected chi connectivity index (χ3v) is 6.29. The fraction of sp³-hybridized carbons (Fsp3) is 0.261. The van der Waals surface area contributed by atoms with E-state index in [2.05, 4.69) is 4.98 Å². The molecule has 0 spiro atoms. The standard InChI is InChI=1S/C23H22N4O3S/c1-16-6-4-9-20-21(16)25-23(31-20)27(12-5-11-26-13-10-24-15-26)22(28)19-14-29-17-7-2-3-8-18(17)30-19/h2-4,6-10,13,15,19H,5,11-12,14H2,1H3. The molecule has 4 aromatic rings. The van der Waals surface area contributed by atoms with Gasteiger partial charge >= 0.3 is 0 Å². The number of anilines is 1. The Labute approximate surface area is 183 Å². The smallest absolute Gasteiger partial charge is 0.273 e. The number of aromatic nitrogens is 3. The van der Waals surface area contributed by atoms with Crippen LogP contribution >= 0.6 is 11.3 Å². The molecule has 0 saturated heterocycles. The number of carbonyl (C=O) groups excluding carboxylic acids is 1. The van der Waals surface area contributed by atoms with Crippen LogP contribution in [0.25, 0.3) is 10.2 Å². The number of hydrogen-bond acceptors (Lipinski definition) is 6. The minimum absolute atomic E-state index is 0.142. The van der Waals surface area contributed by atoms with Crippen molar-refractivity contribution in [2.24, 2.45) is 0 Å². The Morgan fingerprint density at radius 1 is 1.23 bits per heavy atom. The SMILES string of the molecule is Cc1cccc2sc(N(CCCn3ccnc3)C(=O)C3COc4ccccc4O3)nc12. The number of nitrogens with zero attached hydrogens (tertiary/aromatic N) is 4. The quantitative estimate of drug-likeness (QED) is 0.458. The number of benzene rings is 2. The highest BCUT2D eigenvalue weighted by molar-refractivity contribution is 7.22. The summed E-state index contributed by atoms with van der Waals surface area (Å²) in [5, 5.41) is 0.683. The second-order valence-corrected chi connectivity index (χ2v) is 8.44. The molecule has 31 heavy (non-hydrogen) atoms. The van der Waals surface area contributed by atoms with Crippen LogP contribution in [0, 0.1) is 6.92 Å². The van der Waals surface area contributed by atoms with Crippen LogP contribution in [0.1, 0.15) is 12.0 Å². The van der Waals surface area contributed by atoms with Gasteiger partial charge in [-0.3, -0.25) is 9.69 Å². The van der Waals surface area contributed by atoms with E-state index in [0.29, 0.717) is 23.2 Å². The highest BCUT2D eigenvalue weighted by atomic mass is 32.1. The number of imidazole rings is 1. The van der Waals surface area contributed by atoms with Crippen LogP contribution < -0.4 is 14.4 Å². The summed E-state index contributed by atoms with van der Waals surface area (Å²) in [6.45, 7) is 3.50. The summed E-state index contributed by atoms with van der Waals surface area (Å²) in [6, 6.07) is 13.5. The normalized spacial score (nSPS) is 15.2. The lowest BCUT2D eigenvalue weighted by molar-refractivity contribution is -0.127. The first-order valence-corrected chi connectivity index (χ1v) is 11.0. The molecule has 1 amide bonds. The molecule has 1 aliphatic rings. The van der Waals surface area contributed by atoms with Gasteiger partial charge in [0.25, 0.3) is 5.91 Å². The van der Waals surface area contributed by atoms with Crippen molar-refractivity contribution in [3.63, 3.8) is 0 Å². The molecule has 7 nitrogen and oxygen atoms in total. The molecule has 0 aliphatic carbocycles. The minimum Gasteiger partial charge on any atom is -0.485 e. The largest absolute Gasteiger partial charge is 0.485 e. The Morgan fingerprint density at radius 2 is 2.10 bits per heavy atom. The van der Waals surface area contributed by atoms with E-state index < -0.39 is 6.10 Å². The third-order valence-electron chi connectivity index (χ3n) is 5.25. The number of para-hydroxylation sites is 3. The average Bonchev–Trinajstić information content (AvgIpc) is 3.46. The molecule has 2 aromatic heterocycles. The van der Waals surface area contributed by atoms with Crippen molar-refractivity contribution in [3.8, 4) is 11.5 Å². The van der Waals surface area contributed by atoms with Gasteiger partial charge in [0.2, 0.25) is 6.10 Å². The summed E-state index contributed by atoms with van der Waals surface area (Å²) in [4.78, 5) is 24.1. The van der Waals surface area contributed by atoms with Crippen LogP contribution in [0.15, 0.2) is 61.2 Å². The molecule has 1 aliphatic heterocycles. The van der Waals surface area contributed by atoms with Gasteiger partial charge in [0, 0.05) is 25.5 Å². The molecule has 0 fully saturated rings. The van der Waals surface area contributed by atoms with Crippen LogP contribution in [-0.2, 0) is 11.3 Å². The van der Waals surface area contributed by atoms with Crippen molar-refractivity contribution >= 4 is 32.6 Å². The molecule has 5 rings (SSSR count). The van der Waals surface area contributed by atoms with Crippen molar-refractivity contribution in [2.45, 2.75) is 26.0 Å². The molecule has 0 radical (unpaired) electrons. The Balaban J connectivity index is 1.41. The van der Waals surface area contributed by atoms with Crippen molar-refractivity contribution in [2.75, 3.05) is 18.1 Å². The Kier molecular flexibility index (Phi) is 5.30. The first-order chi connectivity index (χ1) is 15.2. The van der Waals surface area contributed by atoms with Gasteiger partial charge in [0.15, 0.2) is 16.6 Å². The minimum atomic E-state index is -0.712. The van der Waals surface area contributed by atoms with Gasteiger partial charge in [-0.05, 0) is 37.1 Å². The van der Waals surface area contributed by atoms with Crippen LogP contribution in [-0.4, -0.2) is 39.7 Å². The molecule has 0 N–H and O–H groups in total. The highest BCUT2D eigenvalue weighted by Crippen LogP contribution is 2.34. The maximum atomic E-state index is 13.5. The van der Waals surface area contributed by atoms with E-state index >= 15 is 0 Å². The predicted octanol–water partition coefficient (Wildman–Crippen LogP) is 4.06. The zero-order chi connectivity index (χ0) is 21.2. The predicted molar refractivity (Wildman–Crippen MR) is 120 cm³/mol. The molecule has 2 aromatic carbocycles. The zero-order valence-corrected chi connectivity index (χ0v) is 17.9. The molecule has 3 heterocycles. The summed E-state index contributed by atoms with van der Waals surface area (Å²) in [7, 11) is 0. The summed E-state index contributed by atoms with van der Waals surface area (Å²) >= 11 is 1.52. The number of rotatable bonds is 6. The third kappa shape index (κ3) is 3.98. The van der Waals surface area contributed by atoms with Gasteiger partial charge in [-0.2, -0.15) is 0 Å². The first kappa shape index (κ1) is 19.6. The van der Waals surface area contributed by atoms with Crippen molar-refractivity contribution < 1.29 is 14.3 Å². The zero-order valence-electron chi connectivity index (χ0n) is 17.1. The summed E-state index contributed by atoms with van der Waals surface area (Å²) < 4.78 is 14.8. The number of fused-ring (bicyclic) bond motifs is 2. The second kappa shape index (κ2) is 8.39. The Bertz CT molecular complexity index is 1200. The van der Waals surface area contributed by atoms with Gasteiger partial charge in [-0.1, -0.05) is 35.6 Å². The van der Waals surface area contributed by atoms with E-state index in [1.807, 2.05) is 60.2 Å². The summed E-state index contributed by atoms with van der Waals surface area (Å²) in [6.07, 6.45) is 5.51. The molecule has 158 valence electrons. The van der Waals surface area contributed by atoms with Crippen LogP contribution in [0.3, 0.4) is 0 Å². The van der Waals surface area contributed by atoms with Crippen LogP contribution in [0.2, 0.25) is 0 Å². The molecule has 1 atom stereocenters. The topological polar surface area (TPSA) is 69.5 Å². The molecular weight excluding hydrogens is 412 g/mol. The first-order valence-electron chi connectivity index (χ1n) is 10.2. The summed E-state index contributed by atoms with van der Waals surface area (Å²) in [5.41, 5.74) is 2.03. The van der Waals surface area contributed by atoms with E-state index in [-0.39, 0.29) is 12.5 Å². The maximum absolute atomic E-state index is 13.5. The lowest BCUT2D eigenvalue weighted by Gasteiger charge is -2.29. The number of hydrogen-bond donors (Lipinski definition) is 0. The van der Waals surface area contributed by atoms with E-state index in [0.717, 1.165) is 28.7 Å². The number of carbonyl (C=O) groups is 1. The van der Waals surface area contributed by atoms with Gasteiger partial charge in [-0.25, -0.2) is 9.97 Å². The molecule has 8 heteroatoms. The molecule has 1 unspecified atom stereocenters. The van der Waals surface area contributed by atoms with Gasteiger partial charge in [-0.15, -0.1) is 0 Å². The lowest BCUT2D eigenvalue weighted by Crippen LogP contribution is -2.47. The Morgan fingerprint density at radius 3 is 2.90 bits per heavy atom. The van der Waals surface area contributed by atoms with E-state index in [9.17, 15) is 4.79 Å². The monoisotopic (exact) mass is 434 g/mol. The maximum Gasteiger partial charge on any atom is 0.273 e. The fourth-order valence-corrected chi connectivity index (χ4v) is 4.71. The molecule has 0 bridgehead atoms. The second-order valence-electron chi connectivity index (χ2n) is 7.43. The number of ether oxygens (including phenoxy) is 2. The fourth-order valence-electron chi connectivity index (χ4n) is 3.64. The molecule has 0 saturated carbocycles. The summed E-state index contributed by atoms with van der Waals surface area (Å²) in [5.74, 6) is 1.11. The Hall–Kier alpha value is -3.39. The van der Waals surface area contributed by atoms with Crippen molar-refractivity contribution in [1.82, 2.24) is 14.5 Å². The number of aryl methyl sites for hydroxylation is 2. The van der Waals surface area contributed by atoms with Crippen molar-refractivity contribution in [1.29, 1.82) is 0 Å². The van der Waals surface area contributed by atoms with Crippen molar-refractivity contribution in [3.05, 3.63) is 66.7 Å². The average molecular weight is 435 g/mol. The molecular formula is C23H22N4O3S. The van der Waals surface area contributed by atoms with Crippen LogP contribution in [0.5, 0.6) is 11.5 Å².